The fourth-order valence-corrected chi connectivity index (χ4v) is 9.53. The fraction of sp³-hybridized carbons (Fsp3) is 0.353. The van der Waals surface area contributed by atoms with Crippen molar-refractivity contribution in [1.82, 2.24) is 13.9 Å². The van der Waals surface area contributed by atoms with Gasteiger partial charge in [-0.2, -0.15) is 0 Å². The molecule has 7 nitrogen and oxygen atoms in total. The Hall–Kier alpha value is -2.79. The number of hydrogen-bond donors (Lipinski definition) is 1. The van der Waals surface area contributed by atoms with Gasteiger partial charge >= 0.3 is 0 Å². The highest BCUT2D eigenvalue weighted by Crippen LogP contribution is 2.56. The third kappa shape index (κ3) is 6.45. The molecule has 44 heavy (non-hydrogen) atoms. The molecule has 6 rings (SSSR count). The van der Waals surface area contributed by atoms with Gasteiger partial charge in [0.1, 0.15) is 0 Å². The first-order valence-corrected chi connectivity index (χ1v) is 18.4. The molecule has 10 heteroatoms. The summed E-state index contributed by atoms with van der Waals surface area (Å²) >= 11 is 6.40. The summed E-state index contributed by atoms with van der Waals surface area (Å²) < 4.78 is 57.6. The molecule has 232 valence electrons. The molecule has 2 fully saturated rings. The molecule has 0 spiro atoms. The number of nitrogens with zero attached hydrogens (tertiary/aromatic N) is 2. The van der Waals surface area contributed by atoms with E-state index >= 15 is 0 Å². The van der Waals surface area contributed by atoms with E-state index in [4.69, 9.17) is 11.6 Å². The van der Waals surface area contributed by atoms with Crippen LogP contribution in [0.15, 0.2) is 107 Å². The first-order valence-electron chi connectivity index (χ1n) is 15.1. The van der Waals surface area contributed by atoms with Crippen LogP contribution in [0, 0.1) is 11.8 Å². The molecule has 4 aromatic carbocycles. The average Bonchev–Trinajstić information content (AvgIpc) is 3.73. The second kappa shape index (κ2) is 12.5. The van der Waals surface area contributed by atoms with Crippen molar-refractivity contribution >= 4 is 42.4 Å². The van der Waals surface area contributed by atoms with E-state index in [1.807, 2.05) is 54.6 Å². The van der Waals surface area contributed by atoms with Crippen LogP contribution in [-0.2, 0) is 25.5 Å². The number of piperidine rings is 1. The monoisotopic (exact) mass is 651 g/mol. The highest BCUT2D eigenvalue weighted by molar-refractivity contribution is 7.89. The predicted molar refractivity (Wildman–Crippen MR) is 176 cm³/mol. The van der Waals surface area contributed by atoms with E-state index in [9.17, 15) is 16.8 Å². The Morgan fingerprint density at radius 1 is 0.886 bits per heavy atom. The van der Waals surface area contributed by atoms with Gasteiger partial charge in [-0.05, 0) is 85.5 Å². The molecule has 1 N–H and O–H groups in total. The number of benzene rings is 4. The Labute approximate surface area is 265 Å². The lowest BCUT2D eigenvalue weighted by atomic mass is 9.92. The van der Waals surface area contributed by atoms with Crippen LogP contribution in [-0.4, -0.2) is 65.8 Å². The van der Waals surface area contributed by atoms with E-state index in [-0.39, 0.29) is 17.3 Å². The van der Waals surface area contributed by atoms with Gasteiger partial charge in [0, 0.05) is 42.5 Å². The van der Waals surface area contributed by atoms with Crippen molar-refractivity contribution in [2.45, 2.75) is 34.5 Å². The Morgan fingerprint density at radius 3 is 2.32 bits per heavy atom. The van der Waals surface area contributed by atoms with Crippen molar-refractivity contribution in [3.63, 3.8) is 0 Å². The largest absolute Gasteiger partial charge is 0.303 e. The molecule has 4 aromatic rings. The summed E-state index contributed by atoms with van der Waals surface area (Å²) in [6, 6.07) is 29.3. The summed E-state index contributed by atoms with van der Waals surface area (Å²) in [6.45, 7) is 3.40. The van der Waals surface area contributed by atoms with Crippen molar-refractivity contribution in [1.29, 1.82) is 0 Å². The number of nitrogens with one attached hydrogen (secondary N) is 1. The summed E-state index contributed by atoms with van der Waals surface area (Å²) in [5.74, 6) is 0.547. The standard InChI is InChI=1S/C34H38ClN3O4S2/c1-37(44(41,42)31-13-3-2-4-14-31)25-34(28-11-8-12-30(35)21-28)22-29(34)24-38-19-17-26(18-20-38)23-36-43(39,40)33-16-7-10-27-9-5-6-15-32(27)33/h2-16,21,26,29,36H,17-20,22-25H2,1H3/t29-,34+/m0/s1. The zero-order valence-electron chi connectivity index (χ0n) is 24.8. The van der Waals surface area contributed by atoms with Crippen LogP contribution < -0.4 is 4.72 Å². The van der Waals surface area contributed by atoms with Gasteiger partial charge in [0.2, 0.25) is 20.0 Å². The first-order chi connectivity index (χ1) is 21.1. The summed E-state index contributed by atoms with van der Waals surface area (Å²) in [5, 5.41) is 2.28. The molecule has 0 bridgehead atoms. The van der Waals surface area contributed by atoms with Gasteiger partial charge in [-0.25, -0.2) is 25.9 Å². The molecule has 1 aliphatic carbocycles. The highest BCUT2D eigenvalue weighted by atomic mass is 35.5. The number of rotatable bonds is 11. The van der Waals surface area contributed by atoms with Crippen LogP contribution in [0.4, 0.5) is 0 Å². The van der Waals surface area contributed by atoms with Crippen LogP contribution in [0.1, 0.15) is 24.8 Å². The maximum Gasteiger partial charge on any atom is 0.242 e. The Kier molecular flexibility index (Phi) is 8.89. The van der Waals surface area contributed by atoms with Gasteiger partial charge in [0.15, 0.2) is 0 Å². The molecule has 0 unspecified atom stereocenters. The third-order valence-electron chi connectivity index (χ3n) is 9.37. The molecule has 1 saturated carbocycles. The van der Waals surface area contributed by atoms with Gasteiger partial charge < -0.3 is 4.90 Å². The minimum absolute atomic E-state index is 0.259. The molecule has 1 heterocycles. The van der Waals surface area contributed by atoms with Crippen molar-refractivity contribution in [2.75, 3.05) is 39.8 Å². The maximum atomic E-state index is 13.4. The second-order valence-corrected chi connectivity index (χ2v) is 16.4. The van der Waals surface area contributed by atoms with Gasteiger partial charge in [0.05, 0.1) is 9.79 Å². The van der Waals surface area contributed by atoms with E-state index in [2.05, 4.69) is 15.7 Å². The lowest BCUT2D eigenvalue weighted by molar-refractivity contribution is 0.174. The summed E-state index contributed by atoms with van der Waals surface area (Å²) in [5.41, 5.74) is 0.759. The minimum Gasteiger partial charge on any atom is -0.303 e. The molecule has 2 atom stereocenters. The topological polar surface area (TPSA) is 86.8 Å². The quantitative estimate of drug-likeness (QED) is 0.223. The number of likely N-dealkylation sites (N-methyl/N-ethyl adjacent to an activating group) is 1. The number of likely N-dealkylation sites (tertiary alicyclic amines) is 1. The lowest BCUT2D eigenvalue weighted by Gasteiger charge is -2.33. The van der Waals surface area contributed by atoms with Gasteiger partial charge in [0.25, 0.3) is 0 Å². The second-order valence-electron chi connectivity index (χ2n) is 12.2. The zero-order valence-corrected chi connectivity index (χ0v) is 27.2. The van der Waals surface area contributed by atoms with Crippen LogP contribution in [0.2, 0.25) is 5.02 Å². The lowest BCUT2D eigenvalue weighted by Crippen LogP contribution is -2.41. The van der Waals surface area contributed by atoms with Gasteiger partial charge in [-0.3, -0.25) is 0 Å². The minimum atomic E-state index is -3.63. The summed E-state index contributed by atoms with van der Waals surface area (Å²) in [6.07, 6.45) is 2.68. The van der Waals surface area contributed by atoms with E-state index in [0.717, 1.165) is 55.2 Å². The molecular formula is C34H38ClN3O4S2. The molecule has 0 radical (unpaired) electrons. The van der Waals surface area contributed by atoms with Crippen molar-refractivity contribution in [2.24, 2.45) is 11.8 Å². The van der Waals surface area contributed by atoms with E-state index in [1.165, 1.54) is 4.31 Å². The predicted octanol–water partition coefficient (Wildman–Crippen LogP) is 5.76. The van der Waals surface area contributed by atoms with E-state index in [0.29, 0.717) is 27.9 Å². The summed E-state index contributed by atoms with van der Waals surface area (Å²) in [4.78, 5) is 3.05. The van der Waals surface area contributed by atoms with Crippen LogP contribution >= 0.6 is 11.6 Å². The van der Waals surface area contributed by atoms with E-state index < -0.39 is 20.0 Å². The molecule has 0 amide bonds. The molecule has 1 aliphatic heterocycles. The van der Waals surface area contributed by atoms with Crippen molar-refractivity contribution in [3.8, 4) is 0 Å². The number of hydrogen-bond acceptors (Lipinski definition) is 5. The van der Waals surface area contributed by atoms with Gasteiger partial charge in [-0.15, -0.1) is 0 Å². The SMILES string of the molecule is CN(C[C@@]1(c2cccc(Cl)c2)C[C@H]1CN1CCC(CNS(=O)(=O)c2cccc3ccccc23)CC1)S(=O)(=O)c1ccccc1. The Bertz CT molecular complexity index is 1840. The van der Waals surface area contributed by atoms with Crippen LogP contribution in [0.3, 0.4) is 0 Å². The zero-order chi connectivity index (χ0) is 31.0. The third-order valence-corrected chi connectivity index (χ3v) is 12.9. The smallest absolute Gasteiger partial charge is 0.242 e. The number of fused-ring (bicyclic) bond motifs is 1. The maximum absolute atomic E-state index is 13.4. The van der Waals surface area contributed by atoms with Gasteiger partial charge in [-0.1, -0.05) is 78.3 Å². The fourth-order valence-electron chi connectivity index (χ4n) is 6.73. The average molecular weight is 652 g/mol. The van der Waals surface area contributed by atoms with Crippen molar-refractivity contribution < 1.29 is 16.8 Å². The highest BCUT2D eigenvalue weighted by Gasteiger charge is 2.56. The molecule has 0 aromatic heterocycles. The van der Waals surface area contributed by atoms with Crippen LogP contribution in [0.5, 0.6) is 0 Å². The molecule has 2 aliphatic rings. The normalized spacial score (nSPS) is 21.6. The van der Waals surface area contributed by atoms with Crippen LogP contribution in [0.25, 0.3) is 10.8 Å². The Morgan fingerprint density at radius 2 is 1.57 bits per heavy atom. The van der Waals surface area contributed by atoms with Crippen molar-refractivity contribution in [3.05, 3.63) is 108 Å². The summed E-state index contributed by atoms with van der Waals surface area (Å²) in [7, 11) is -5.60. The Balaban J connectivity index is 1.08. The van der Waals surface area contributed by atoms with E-state index in [1.54, 1.807) is 43.4 Å². The first kappa shape index (κ1) is 31.2. The molecular weight excluding hydrogens is 614 g/mol. The number of sulfonamides is 2. The number of halogens is 1. The molecule has 1 saturated heterocycles.